The topological polar surface area (TPSA) is 63.6 Å². The lowest BCUT2D eigenvalue weighted by molar-refractivity contribution is -0.00203. The molecule has 0 radical (unpaired) electrons. The molecule has 0 aromatic heterocycles. The summed E-state index contributed by atoms with van der Waals surface area (Å²) in [6.07, 6.45) is 0. The average molecular weight is 397 g/mol. The third-order valence-electron chi connectivity index (χ3n) is 4.62. The van der Waals surface area contributed by atoms with Gasteiger partial charge in [0, 0.05) is 0 Å². The van der Waals surface area contributed by atoms with Gasteiger partial charge in [0.2, 0.25) is 0 Å². The molecule has 0 heterocycles. The van der Waals surface area contributed by atoms with Crippen molar-refractivity contribution in [3.8, 4) is 0 Å². The minimum absolute atomic E-state index is 0.165. The summed E-state index contributed by atoms with van der Waals surface area (Å²) >= 11 is 0. The van der Waals surface area contributed by atoms with E-state index in [4.69, 9.17) is 4.74 Å². The van der Waals surface area contributed by atoms with Gasteiger partial charge in [0.1, 0.15) is 5.60 Å². The van der Waals surface area contributed by atoms with Crippen molar-refractivity contribution >= 4 is 10.1 Å². The molecule has 3 aromatic carbocycles. The van der Waals surface area contributed by atoms with Crippen LogP contribution in [0.2, 0.25) is 0 Å². The molecule has 1 atom stereocenters. The Bertz CT molecular complexity index is 874. The van der Waals surface area contributed by atoms with Gasteiger partial charge < -0.3 is 4.74 Å². The van der Waals surface area contributed by atoms with Gasteiger partial charge in [-0.05, 0) is 22.6 Å². The average Bonchev–Trinajstić information content (AvgIpc) is 2.70. The molecule has 0 aliphatic heterocycles. The lowest BCUT2D eigenvalue weighted by atomic mass is 9.80. The smallest absolute Gasteiger partial charge is 0.265 e. The number of hydrogen-bond acceptors (Lipinski definition) is 3. The summed E-state index contributed by atoms with van der Waals surface area (Å²) in [7, 11) is -4.06. The second-order valence-corrected chi connectivity index (χ2v) is 8.44. The molecule has 0 unspecified atom stereocenters. The van der Waals surface area contributed by atoms with Crippen molar-refractivity contribution in [2.24, 2.45) is 5.92 Å². The molecular formula is C23H24O4S. The van der Waals surface area contributed by atoms with Crippen molar-refractivity contribution < 1.29 is 17.7 Å². The fourth-order valence-electron chi connectivity index (χ4n) is 3.44. The van der Waals surface area contributed by atoms with Crippen LogP contribution in [0.25, 0.3) is 0 Å². The van der Waals surface area contributed by atoms with Crippen LogP contribution in [-0.4, -0.2) is 25.3 Å². The molecule has 0 spiro atoms. The predicted octanol–water partition coefficient (Wildman–Crippen LogP) is 4.52. The van der Waals surface area contributed by atoms with Crippen LogP contribution in [-0.2, 0) is 20.5 Å². The minimum atomic E-state index is -4.06. The fraction of sp³-hybridized carbons (Fsp3) is 0.217. The first kappa shape index (κ1) is 20.3. The SMILES string of the molecule is C[C@H](COC(c1ccccc1)(c1ccccc1)c1ccccc1)CS(=O)(=O)O. The van der Waals surface area contributed by atoms with E-state index in [1.54, 1.807) is 6.92 Å². The van der Waals surface area contributed by atoms with Crippen molar-refractivity contribution in [2.75, 3.05) is 12.4 Å². The van der Waals surface area contributed by atoms with Gasteiger partial charge >= 0.3 is 0 Å². The maximum Gasteiger partial charge on any atom is 0.265 e. The molecule has 0 amide bonds. The summed E-state index contributed by atoms with van der Waals surface area (Å²) in [5.74, 6) is -0.716. The Labute approximate surface area is 166 Å². The van der Waals surface area contributed by atoms with Crippen molar-refractivity contribution in [1.82, 2.24) is 0 Å². The quantitative estimate of drug-likeness (QED) is 0.449. The van der Waals surface area contributed by atoms with Crippen LogP contribution in [0.15, 0.2) is 91.0 Å². The molecule has 0 saturated carbocycles. The van der Waals surface area contributed by atoms with E-state index in [1.165, 1.54) is 0 Å². The van der Waals surface area contributed by atoms with E-state index >= 15 is 0 Å². The number of hydrogen-bond donors (Lipinski definition) is 1. The molecule has 4 nitrogen and oxygen atoms in total. The van der Waals surface area contributed by atoms with E-state index in [0.29, 0.717) is 0 Å². The van der Waals surface area contributed by atoms with Gasteiger partial charge in [-0.2, -0.15) is 8.42 Å². The standard InChI is InChI=1S/C23H24O4S/c1-19(18-28(24,25)26)17-27-23(20-11-5-2-6-12-20,21-13-7-3-8-14-21)22-15-9-4-10-16-22/h2-16,19H,17-18H2,1H3,(H,24,25,26)/t19-/m1/s1. The Hall–Kier alpha value is -2.47. The largest absolute Gasteiger partial charge is 0.361 e. The van der Waals surface area contributed by atoms with E-state index in [9.17, 15) is 13.0 Å². The molecule has 5 heteroatoms. The van der Waals surface area contributed by atoms with E-state index in [2.05, 4.69) is 0 Å². The highest BCUT2D eigenvalue weighted by atomic mass is 32.2. The van der Waals surface area contributed by atoms with Gasteiger partial charge in [-0.25, -0.2) is 0 Å². The fourth-order valence-corrected chi connectivity index (χ4v) is 4.26. The highest BCUT2D eigenvalue weighted by Crippen LogP contribution is 2.40. The summed E-state index contributed by atoms with van der Waals surface area (Å²) < 4.78 is 38.3. The first-order chi connectivity index (χ1) is 13.4. The first-order valence-corrected chi connectivity index (χ1v) is 10.8. The number of benzene rings is 3. The third kappa shape index (κ3) is 4.68. The predicted molar refractivity (Wildman–Crippen MR) is 111 cm³/mol. The third-order valence-corrected chi connectivity index (χ3v) is 5.61. The van der Waals surface area contributed by atoms with E-state index < -0.39 is 15.7 Å². The molecule has 0 saturated heterocycles. The van der Waals surface area contributed by atoms with Crippen LogP contribution < -0.4 is 0 Å². The molecular weight excluding hydrogens is 372 g/mol. The van der Waals surface area contributed by atoms with Gasteiger partial charge in [-0.3, -0.25) is 4.55 Å². The molecule has 0 fully saturated rings. The van der Waals surface area contributed by atoms with Crippen LogP contribution in [0.3, 0.4) is 0 Å². The molecule has 0 aliphatic carbocycles. The van der Waals surface area contributed by atoms with Crippen molar-refractivity contribution in [1.29, 1.82) is 0 Å². The molecule has 3 rings (SSSR count). The summed E-state index contributed by atoms with van der Waals surface area (Å²) in [6.45, 7) is 1.91. The Morgan fingerprint density at radius 2 is 1.14 bits per heavy atom. The maximum atomic E-state index is 11.3. The molecule has 0 aliphatic rings. The van der Waals surface area contributed by atoms with E-state index in [1.807, 2.05) is 91.0 Å². The lowest BCUT2D eigenvalue weighted by Crippen LogP contribution is -2.35. The molecule has 0 bridgehead atoms. The Balaban J connectivity index is 2.11. The van der Waals surface area contributed by atoms with Gasteiger partial charge in [-0.15, -0.1) is 0 Å². The molecule has 28 heavy (non-hydrogen) atoms. The summed E-state index contributed by atoms with van der Waals surface area (Å²) in [5, 5.41) is 0. The van der Waals surface area contributed by atoms with Crippen LogP contribution in [0.5, 0.6) is 0 Å². The van der Waals surface area contributed by atoms with Crippen LogP contribution in [0.1, 0.15) is 23.6 Å². The highest BCUT2D eigenvalue weighted by Gasteiger charge is 2.38. The monoisotopic (exact) mass is 396 g/mol. The van der Waals surface area contributed by atoms with Gasteiger partial charge in [0.25, 0.3) is 10.1 Å². The van der Waals surface area contributed by atoms with E-state index in [0.717, 1.165) is 16.7 Å². The van der Waals surface area contributed by atoms with Crippen molar-refractivity contribution in [3.05, 3.63) is 108 Å². The van der Waals surface area contributed by atoms with Gasteiger partial charge in [0.05, 0.1) is 12.4 Å². The van der Waals surface area contributed by atoms with Crippen molar-refractivity contribution in [2.45, 2.75) is 12.5 Å². The number of rotatable bonds is 8. The summed E-state index contributed by atoms with van der Waals surface area (Å²) in [6, 6.07) is 29.6. The van der Waals surface area contributed by atoms with Crippen LogP contribution in [0.4, 0.5) is 0 Å². The molecule has 3 aromatic rings. The Morgan fingerprint density at radius 3 is 1.46 bits per heavy atom. The second kappa shape index (κ2) is 8.69. The Kier molecular flexibility index (Phi) is 6.29. The van der Waals surface area contributed by atoms with Gasteiger partial charge in [0.15, 0.2) is 0 Å². The number of ether oxygens (including phenoxy) is 1. The maximum absolute atomic E-state index is 11.3. The summed E-state index contributed by atoms with van der Waals surface area (Å²) in [4.78, 5) is 0. The zero-order valence-electron chi connectivity index (χ0n) is 15.7. The van der Waals surface area contributed by atoms with Crippen LogP contribution in [0, 0.1) is 5.92 Å². The second-order valence-electron chi connectivity index (χ2n) is 6.94. The highest BCUT2D eigenvalue weighted by molar-refractivity contribution is 7.85. The molecule has 1 N–H and O–H groups in total. The van der Waals surface area contributed by atoms with E-state index in [-0.39, 0.29) is 18.3 Å². The minimum Gasteiger partial charge on any atom is -0.361 e. The normalized spacial score (nSPS) is 13.2. The Morgan fingerprint density at radius 1 is 0.786 bits per heavy atom. The molecule has 146 valence electrons. The zero-order chi connectivity index (χ0) is 20.0. The van der Waals surface area contributed by atoms with Gasteiger partial charge in [-0.1, -0.05) is 97.9 Å². The summed E-state index contributed by atoms with van der Waals surface area (Å²) in [5.41, 5.74) is 1.96. The lowest BCUT2D eigenvalue weighted by Gasteiger charge is -2.36. The van der Waals surface area contributed by atoms with Crippen molar-refractivity contribution in [3.63, 3.8) is 0 Å². The first-order valence-electron chi connectivity index (χ1n) is 9.17. The zero-order valence-corrected chi connectivity index (χ0v) is 16.5. The van der Waals surface area contributed by atoms with Crippen LogP contribution >= 0.6 is 0 Å².